The molecule has 0 fully saturated rings. The maximum absolute atomic E-state index is 10.7. The van der Waals surface area contributed by atoms with Crippen molar-refractivity contribution in [1.29, 1.82) is 0 Å². The highest BCUT2D eigenvalue weighted by atomic mass is 16.6. The molecule has 0 bridgehead atoms. The first kappa shape index (κ1) is 9.19. The van der Waals surface area contributed by atoms with Crippen LogP contribution in [0.5, 0.6) is 0 Å². The molecule has 1 atom stereocenters. The summed E-state index contributed by atoms with van der Waals surface area (Å²) in [6.07, 6.45) is 3.18. The van der Waals surface area contributed by atoms with Gasteiger partial charge in [-0.2, -0.15) is 0 Å². The van der Waals surface area contributed by atoms with E-state index in [9.17, 15) is 10.1 Å². The molecule has 0 aliphatic heterocycles. The van der Waals surface area contributed by atoms with E-state index in [1.165, 1.54) is 5.56 Å². The van der Waals surface area contributed by atoms with Crippen molar-refractivity contribution in [2.75, 3.05) is 0 Å². The van der Waals surface area contributed by atoms with Crippen LogP contribution in [0.25, 0.3) is 0 Å². The lowest BCUT2D eigenvalue weighted by Gasteiger charge is -2.29. The molecule has 1 unspecified atom stereocenters. The SMILES string of the molecule is CCCC1Cc2c1cccc2[N+](=O)[O-]. The average molecular weight is 191 g/mol. The number of hydrogen-bond donors (Lipinski definition) is 0. The van der Waals surface area contributed by atoms with Crippen molar-refractivity contribution in [1.82, 2.24) is 0 Å². The number of nitro groups is 1. The van der Waals surface area contributed by atoms with Crippen LogP contribution in [0.3, 0.4) is 0 Å². The van der Waals surface area contributed by atoms with Crippen LogP contribution in [0.2, 0.25) is 0 Å². The molecule has 3 nitrogen and oxygen atoms in total. The Morgan fingerprint density at radius 2 is 2.36 bits per heavy atom. The van der Waals surface area contributed by atoms with Crippen LogP contribution >= 0.6 is 0 Å². The molecular weight excluding hydrogens is 178 g/mol. The molecule has 0 radical (unpaired) electrons. The number of hydrogen-bond acceptors (Lipinski definition) is 2. The molecule has 1 aliphatic carbocycles. The summed E-state index contributed by atoms with van der Waals surface area (Å²) in [5, 5.41) is 10.7. The first-order valence-electron chi connectivity index (χ1n) is 5.00. The Morgan fingerprint density at radius 1 is 1.57 bits per heavy atom. The zero-order valence-corrected chi connectivity index (χ0v) is 8.19. The lowest BCUT2D eigenvalue weighted by atomic mass is 9.74. The minimum atomic E-state index is -0.277. The van der Waals surface area contributed by atoms with Crippen molar-refractivity contribution in [2.45, 2.75) is 32.1 Å². The number of nitro benzene ring substituents is 1. The molecule has 14 heavy (non-hydrogen) atoms. The van der Waals surface area contributed by atoms with Gasteiger partial charge in [0.05, 0.1) is 4.92 Å². The molecule has 1 aromatic carbocycles. The van der Waals surface area contributed by atoms with Gasteiger partial charge in [-0.25, -0.2) is 0 Å². The zero-order valence-electron chi connectivity index (χ0n) is 8.19. The van der Waals surface area contributed by atoms with Gasteiger partial charge in [-0.15, -0.1) is 0 Å². The molecule has 0 N–H and O–H groups in total. The topological polar surface area (TPSA) is 43.1 Å². The molecule has 74 valence electrons. The first-order chi connectivity index (χ1) is 6.74. The largest absolute Gasteiger partial charge is 0.272 e. The van der Waals surface area contributed by atoms with Crippen LogP contribution in [0.1, 0.15) is 36.8 Å². The molecule has 2 rings (SSSR count). The average Bonchev–Trinajstić information content (AvgIpc) is 2.13. The van der Waals surface area contributed by atoms with Crippen molar-refractivity contribution >= 4 is 5.69 Å². The molecule has 0 aromatic heterocycles. The van der Waals surface area contributed by atoms with Crippen molar-refractivity contribution < 1.29 is 4.92 Å². The smallest absolute Gasteiger partial charge is 0.258 e. The van der Waals surface area contributed by atoms with Crippen LogP contribution in [-0.4, -0.2) is 4.92 Å². The second kappa shape index (κ2) is 3.40. The van der Waals surface area contributed by atoms with Crippen LogP contribution < -0.4 is 0 Å². The molecule has 1 aromatic rings. The number of nitrogens with zero attached hydrogens (tertiary/aromatic N) is 1. The van der Waals surface area contributed by atoms with E-state index in [0.29, 0.717) is 11.6 Å². The van der Waals surface area contributed by atoms with Gasteiger partial charge in [0.1, 0.15) is 0 Å². The summed E-state index contributed by atoms with van der Waals surface area (Å²) < 4.78 is 0. The maximum atomic E-state index is 10.7. The summed E-state index contributed by atoms with van der Waals surface area (Å²) in [4.78, 5) is 10.4. The van der Waals surface area contributed by atoms with Gasteiger partial charge in [0.15, 0.2) is 0 Å². The van der Waals surface area contributed by atoms with Crippen molar-refractivity contribution in [3.8, 4) is 0 Å². The molecule has 0 saturated heterocycles. The van der Waals surface area contributed by atoms with Gasteiger partial charge in [-0.05, 0) is 24.3 Å². The Balaban J connectivity index is 2.30. The molecule has 0 amide bonds. The van der Waals surface area contributed by atoms with Crippen LogP contribution in [0.4, 0.5) is 5.69 Å². The third-order valence-corrected chi connectivity index (χ3v) is 2.91. The van der Waals surface area contributed by atoms with Gasteiger partial charge in [0.25, 0.3) is 5.69 Å². The van der Waals surface area contributed by atoms with E-state index >= 15 is 0 Å². The van der Waals surface area contributed by atoms with Gasteiger partial charge >= 0.3 is 0 Å². The summed E-state index contributed by atoms with van der Waals surface area (Å²) in [5.74, 6) is 0.565. The molecule has 0 spiro atoms. The minimum Gasteiger partial charge on any atom is -0.258 e. The van der Waals surface area contributed by atoms with Gasteiger partial charge in [-0.1, -0.05) is 25.5 Å². The summed E-state index contributed by atoms with van der Waals surface area (Å²) in [6.45, 7) is 2.15. The second-order valence-corrected chi connectivity index (χ2v) is 3.79. The van der Waals surface area contributed by atoms with Crippen molar-refractivity contribution in [3.05, 3.63) is 39.4 Å². The number of benzene rings is 1. The molecule has 0 saturated carbocycles. The normalized spacial score (nSPS) is 18.5. The van der Waals surface area contributed by atoms with E-state index in [2.05, 4.69) is 6.92 Å². The Labute approximate surface area is 82.9 Å². The highest BCUT2D eigenvalue weighted by Gasteiger charge is 2.31. The van der Waals surface area contributed by atoms with E-state index < -0.39 is 0 Å². The zero-order chi connectivity index (χ0) is 10.1. The first-order valence-corrected chi connectivity index (χ1v) is 5.00. The summed E-state index contributed by atoms with van der Waals surface area (Å²) >= 11 is 0. The summed E-state index contributed by atoms with van der Waals surface area (Å²) in [6, 6.07) is 5.41. The number of fused-ring (bicyclic) bond motifs is 1. The highest BCUT2D eigenvalue weighted by molar-refractivity contribution is 5.53. The monoisotopic (exact) mass is 191 g/mol. The van der Waals surface area contributed by atoms with E-state index in [-0.39, 0.29) is 4.92 Å². The Kier molecular flexibility index (Phi) is 2.23. The van der Waals surface area contributed by atoms with Gasteiger partial charge in [-0.3, -0.25) is 10.1 Å². The Morgan fingerprint density at radius 3 is 3.00 bits per heavy atom. The van der Waals surface area contributed by atoms with E-state index in [4.69, 9.17) is 0 Å². The van der Waals surface area contributed by atoms with Crippen LogP contribution in [0.15, 0.2) is 18.2 Å². The molecule has 3 heteroatoms. The Bertz CT molecular complexity index is 374. The van der Waals surface area contributed by atoms with E-state index in [0.717, 1.165) is 24.8 Å². The third-order valence-electron chi connectivity index (χ3n) is 2.91. The van der Waals surface area contributed by atoms with E-state index in [1.807, 2.05) is 6.07 Å². The summed E-state index contributed by atoms with van der Waals surface area (Å²) in [5.41, 5.74) is 2.45. The molecule has 1 aliphatic rings. The lowest BCUT2D eigenvalue weighted by molar-refractivity contribution is -0.386. The predicted molar refractivity (Wildman–Crippen MR) is 54.4 cm³/mol. The maximum Gasteiger partial charge on any atom is 0.272 e. The van der Waals surface area contributed by atoms with Crippen molar-refractivity contribution in [2.24, 2.45) is 0 Å². The van der Waals surface area contributed by atoms with Gasteiger partial charge in [0, 0.05) is 11.6 Å². The van der Waals surface area contributed by atoms with E-state index in [1.54, 1.807) is 12.1 Å². The standard InChI is InChI=1S/C11H13NO2/c1-2-4-8-7-10-9(8)5-3-6-11(10)12(13)14/h3,5-6,8H,2,4,7H2,1H3. The fourth-order valence-corrected chi connectivity index (χ4v) is 2.20. The van der Waals surface area contributed by atoms with Gasteiger partial charge < -0.3 is 0 Å². The van der Waals surface area contributed by atoms with Crippen LogP contribution in [0, 0.1) is 10.1 Å². The second-order valence-electron chi connectivity index (χ2n) is 3.79. The fourth-order valence-electron chi connectivity index (χ4n) is 2.20. The predicted octanol–water partition coefficient (Wildman–Crippen LogP) is 3.03. The lowest BCUT2D eigenvalue weighted by Crippen LogP contribution is -2.18. The molecule has 0 heterocycles. The van der Waals surface area contributed by atoms with Crippen molar-refractivity contribution in [3.63, 3.8) is 0 Å². The number of rotatable bonds is 3. The van der Waals surface area contributed by atoms with Gasteiger partial charge in [0.2, 0.25) is 0 Å². The minimum absolute atomic E-state index is 0.277. The summed E-state index contributed by atoms with van der Waals surface area (Å²) in [7, 11) is 0. The quantitative estimate of drug-likeness (QED) is 0.544. The highest BCUT2D eigenvalue weighted by Crippen LogP contribution is 2.42. The molecular formula is C11H13NO2. The van der Waals surface area contributed by atoms with Crippen LogP contribution in [-0.2, 0) is 6.42 Å². The fraction of sp³-hybridized carbons (Fsp3) is 0.455. The Hall–Kier alpha value is -1.38. The third kappa shape index (κ3) is 1.29.